The zero-order chi connectivity index (χ0) is 44.0. The van der Waals surface area contributed by atoms with Crippen LogP contribution >= 0.6 is 0 Å². The van der Waals surface area contributed by atoms with Gasteiger partial charge in [0.2, 0.25) is 0 Å². The van der Waals surface area contributed by atoms with Gasteiger partial charge in [-0.15, -0.1) is 0 Å². The number of aromatic nitrogens is 2. The van der Waals surface area contributed by atoms with Crippen molar-refractivity contribution in [2.45, 2.75) is 105 Å². The Bertz CT molecular complexity index is 2240. The lowest BCUT2D eigenvalue weighted by Crippen LogP contribution is -2.27. The van der Waals surface area contributed by atoms with Crippen molar-refractivity contribution in [1.82, 2.24) is 9.97 Å². The molecule has 6 rings (SSSR count). The van der Waals surface area contributed by atoms with Gasteiger partial charge in [-0.2, -0.15) is 8.42 Å². The summed E-state index contributed by atoms with van der Waals surface area (Å²) in [6.45, 7) is 8.54. The summed E-state index contributed by atoms with van der Waals surface area (Å²) in [6, 6.07) is 43.9. The van der Waals surface area contributed by atoms with E-state index in [1.807, 2.05) is 106 Å². The van der Waals surface area contributed by atoms with Gasteiger partial charge in [0.15, 0.2) is 21.3 Å². The Morgan fingerprint density at radius 1 is 0.581 bits per heavy atom. The second-order valence-corrected chi connectivity index (χ2v) is 18.8. The molecule has 2 aromatic heterocycles. The summed E-state index contributed by atoms with van der Waals surface area (Å²) in [5.41, 5.74) is 1.15. The Kier molecular flexibility index (Phi) is 18.8. The van der Waals surface area contributed by atoms with Crippen LogP contribution in [0.5, 0.6) is 17.2 Å². The predicted molar refractivity (Wildman–Crippen MR) is 243 cm³/mol. The molecule has 12 heteroatoms. The first-order valence-electron chi connectivity index (χ1n) is 20.9. The van der Waals surface area contributed by atoms with Gasteiger partial charge >= 0.3 is 5.97 Å². The van der Waals surface area contributed by atoms with Crippen LogP contribution in [0.2, 0.25) is 0 Å². The minimum Gasteiger partial charge on any atom is -0.487 e. The average Bonchev–Trinajstić information content (AvgIpc) is 3.28. The van der Waals surface area contributed by atoms with Gasteiger partial charge in [-0.05, 0) is 112 Å². The highest BCUT2D eigenvalue weighted by atomic mass is 32.2. The van der Waals surface area contributed by atoms with E-state index in [1.54, 1.807) is 42.7 Å². The molecular formula is C50H57N2O8S2+. The largest absolute Gasteiger partial charge is 0.487 e. The summed E-state index contributed by atoms with van der Waals surface area (Å²) < 4.78 is 51.8. The predicted octanol–water partition coefficient (Wildman–Crippen LogP) is 11.2. The molecule has 2 heterocycles. The van der Waals surface area contributed by atoms with Crippen LogP contribution in [0.3, 0.4) is 0 Å². The molecule has 0 amide bonds. The summed E-state index contributed by atoms with van der Waals surface area (Å²) in [7, 11) is -4.06. The van der Waals surface area contributed by atoms with Crippen molar-refractivity contribution in [2.75, 3.05) is 13.2 Å². The van der Waals surface area contributed by atoms with E-state index in [-0.39, 0.29) is 18.1 Å². The fourth-order valence-corrected chi connectivity index (χ4v) is 9.05. The first-order chi connectivity index (χ1) is 30.0. The van der Waals surface area contributed by atoms with Crippen molar-refractivity contribution in [3.05, 3.63) is 163 Å². The monoisotopic (exact) mass is 877 g/mol. The number of hydrogen-bond donors (Lipinski definition) is 0. The number of esters is 1. The highest BCUT2D eigenvalue weighted by Crippen LogP contribution is 2.35. The van der Waals surface area contributed by atoms with Gasteiger partial charge in [-0.3, -0.25) is 14.2 Å². The number of ether oxygens (including phenoxy) is 4. The number of rotatable bonds is 21. The quantitative estimate of drug-likeness (QED) is 0.0299. The van der Waals surface area contributed by atoms with Crippen molar-refractivity contribution in [1.29, 1.82) is 0 Å². The van der Waals surface area contributed by atoms with E-state index < -0.39 is 32.6 Å². The standard InChI is InChI=1S/C36H35N2O5S.C14H22O3S/c1-36(2,3)43-35(39)26-42-29-16-18-32(19-17-29)44(33-14-8-12-30(22-33)40-24-27-10-4-6-20-37-27)34-15-9-13-31(23-34)41-25-28-11-5-7-21-38-28;1-2-3-4-5-6-10-13-17-18(15,16)14-11-8-7-9-12-14/h4-23H,24-26H2,1-3H3;7-9,11-12H,2-6,10,13H2,1H3/q+1;. The number of nitrogens with zero attached hydrogens (tertiary/aromatic N) is 2. The molecular weight excluding hydrogens is 821 g/mol. The lowest BCUT2D eigenvalue weighted by atomic mass is 10.1. The minimum absolute atomic E-state index is 0.159. The van der Waals surface area contributed by atoms with Gasteiger partial charge in [-0.25, -0.2) is 4.79 Å². The van der Waals surface area contributed by atoms with Crippen LogP contribution in [0.25, 0.3) is 0 Å². The summed E-state index contributed by atoms with van der Waals surface area (Å²) in [6.07, 6.45) is 10.2. The summed E-state index contributed by atoms with van der Waals surface area (Å²) in [4.78, 5) is 24.3. The minimum atomic E-state index is -3.56. The molecule has 0 radical (unpaired) electrons. The zero-order valence-corrected chi connectivity index (χ0v) is 37.6. The normalized spacial score (nSPS) is 11.3. The maximum absolute atomic E-state index is 12.2. The molecule has 6 aromatic rings. The Morgan fingerprint density at radius 2 is 1.13 bits per heavy atom. The molecule has 0 aliphatic heterocycles. The van der Waals surface area contributed by atoms with Crippen LogP contribution < -0.4 is 14.2 Å². The van der Waals surface area contributed by atoms with Crippen molar-refractivity contribution >= 4 is 27.0 Å². The second-order valence-electron chi connectivity index (χ2n) is 15.2. The zero-order valence-electron chi connectivity index (χ0n) is 36.0. The van der Waals surface area contributed by atoms with E-state index in [2.05, 4.69) is 41.2 Å². The smallest absolute Gasteiger partial charge is 0.344 e. The van der Waals surface area contributed by atoms with Gasteiger partial charge in [0.05, 0.1) is 33.8 Å². The molecule has 4 aromatic carbocycles. The molecule has 0 saturated heterocycles. The van der Waals surface area contributed by atoms with Gasteiger partial charge in [-0.1, -0.05) is 81.5 Å². The Hall–Kier alpha value is -5.69. The molecule has 0 saturated carbocycles. The molecule has 0 aliphatic rings. The summed E-state index contributed by atoms with van der Waals surface area (Å²) in [5, 5.41) is 0. The number of carbonyl (C=O) groups excluding carboxylic acids is 1. The first kappa shape index (κ1) is 47.4. The van der Waals surface area contributed by atoms with E-state index in [4.69, 9.17) is 23.1 Å². The molecule has 0 bridgehead atoms. The fraction of sp³-hybridized carbons (Fsp3) is 0.300. The van der Waals surface area contributed by atoms with Crippen molar-refractivity contribution < 1.29 is 36.3 Å². The molecule has 0 fully saturated rings. The van der Waals surface area contributed by atoms with E-state index in [1.165, 1.54) is 19.3 Å². The molecule has 0 aliphatic carbocycles. The van der Waals surface area contributed by atoms with Gasteiger partial charge in [0, 0.05) is 24.5 Å². The third kappa shape index (κ3) is 16.6. The first-order valence-corrected chi connectivity index (χ1v) is 23.5. The SMILES string of the molecule is CC(C)(C)OC(=O)COc1ccc([S+](c2cccc(OCc3ccccn3)c2)c2cccc(OCc3ccccn3)c2)cc1.CCCCCCCCOS(=O)(=O)c1ccccc1. The lowest BCUT2D eigenvalue weighted by molar-refractivity contribution is -0.157. The third-order valence-electron chi connectivity index (χ3n) is 8.91. The molecule has 0 atom stereocenters. The summed E-state index contributed by atoms with van der Waals surface area (Å²) >= 11 is 0. The van der Waals surface area contributed by atoms with Crippen LogP contribution in [-0.2, 0) is 47.9 Å². The Morgan fingerprint density at radius 3 is 1.66 bits per heavy atom. The van der Waals surface area contributed by atoms with Crippen molar-refractivity contribution in [2.24, 2.45) is 0 Å². The van der Waals surface area contributed by atoms with Crippen LogP contribution in [0.4, 0.5) is 0 Å². The highest BCUT2D eigenvalue weighted by molar-refractivity contribution is 7.97. The van der Waals surface area contributed by atoms with Crippen molar-refractivity contribution in [3.63, 3.8) is 0 Å². The molecule has 0 unspecified atom stereocenters. The average molecular weight is 878 g/mol. The second kappa shape index (κ2) is 24.7. The molecule has 326 valence electrons. The summed E-state index contributed by atoms with van der Waals surface area (Å²) in [5.74, 6) is 1.69. The Labute approximate surface area is 370 Å². The van der Waals surface area contributed by atoms with Gasteiger partial charge in [0.1, 0.15) is 36.1 Å². The van der Waals surface area contributed by atoms with Gasteiger partial charge < -0.3 is 18.9 Å². The maximum atomic E-state index is 12.2. The number of carbonyl (C=O) groups is 1. The number of pyridine rings is 2. The fourth-order valence-electron chi connectivity index (χ4n) is 5.96. The number of benzene rings is 4. The highest BCUT2D eigenvalue weighted by Gasteiger charge is 2.30. The Balaban J connectivity index is 0.000000338. The van der Waals surface area contributed by atoms with Gasteiger partial charge in [0.25, 0.3) is 10.1 Å². The van der Waals surface area contributed by atoms with Crippen LogP contribution in [0.15, 0.2) is 172 Å². The number of hydrogen-bond acceptors (Lipinski definition) is 10. The molecule has 0 spiro atoms. The topological polar surface area (TPSA) is 123 Å². The van der Waals surface area contributed by atoms with E-state index in [9.17, 15) is 13.2 Å². The molecule has 0 N–H and O–H groups in total. The molecule has 62 heavy (non-hydrogen) atoms. The van der Waals surface area contributed by atoms with Crippen LogP contribution in [0.1, 0.15) is 77.6 Å². The molecule has 10 nitrogen and oxygen atoms in total. The van der Waals surface area contributed by atoms with Crippen molar-refractivity contribution in [3.8, 4) is 17.2 Å². The van der Waals surface area contributed by atoms with E-state index in [0.717, 1.165) is 56.8 Å². The lowest BCUT2D eigenvalue weighted by Gasteiger charge is -2.19. The number of unbranched alkanes of at least 4 members (excludes halogenated alkanes) is 5. The maximum Gasteiger partial charge on any atom is 0.344 e. The third-order valence-corrected chi connectivity index (χ3v) is 12.4. The van der Waals surface area contributed by atoms with Crippen LogP contribution in [0, 0.1) is 0 Å². The van der Waals surface area contributed by atoms with E-state index >= 15 is 0 Å². The van der Waals surface area contributed by atoms with E-state index in [0.29, 0.717) is 19.0 Å². The van der Waals surface area contributed by atoms with Crippen LogP contribution in [-0.4, -0.2) is 43.2 Å².